The third-order valence-corrected chi connectivity index (χ3v) is 4.96. The van der Waals surface area contributed by atoms with Crippen molar-refractivity contribution in [2.75, 3.05) is 26.0 Å². The molecule has 0 radical (unpaired) electrons. The van der Waals surface area contributed by atoms with Crippen LogP contribution >= 0.6 is 0 Å². The predicted octanol–water partition coefficient (Wildman–Crippen LogP) is 1.59. The molecule has 0 heterocycles. The van der Waals surface area contributed by atoms with Crippen LogP contribution in [0.4, 0.5) is 0 Å². The number of nitrogens with one attached hydrogen (secondary N) is 1. The number of nitriles is 1. The van der Waals surface area contributed by atoms with Crippen molar-refractivity contribution in [1.29, 1.82) is 5.26 Å². The quantitative estimate of drug-likeness (QED) is 0.789. The Kier molecular flexibility index (Phi) is 6.82. The maximum absolute atomic E-state index is 12.2. The van der Waals surface area contributed by atoms with Crippen molar-refractivity contribution in [3.05, 3.63) is 29.8 Å². The van der Waals surface area contributed by atoms with Gasteiger partial charge in [0.1, 0.15) is 0 Å². The molecule has 21 heavy (non-hydrogen) atoms. The van der Waals surface area contributed by atoms with Crippen LogP contribution in [0.5, 0.6) is 0 Å². The number of rotatable bonds is 8. The van der Waals surface area contributed by atoms with Crippen molar-refractivity contribution >= 4 is 9.84 Å². The Morgan fingerprint density at radius 3 is 2.67 bits per heavy atom. The van der Waals surface area contributed by atoms with E-state index in [1.54, 1.807) is 19.2 Å². The fourth-order valence-corrected chi connectivity index (χ4v) is 3.14. The van der Waals surface area contributed by atoms with Crippen LogP contribution in [0.1, 0.15) is 19.4 Å². The zero-order chi connectivity index (χ0) is 15.9. The maximum atomic E-state index is 12.2. The summed E-state index contributed by atoms with van der Waals surface area (Å²) in [4.78, 5) is 0.191. The molecule has 0 aliphatic heterocycles. The molecule has 5 nitrogen and oxygen atoms in total. The monoisotopic (exact) mass is 310 g/mol. The van der Waals surface area contributed by atoms with E-state index < -0.39 is 9.84 Å². The Hall–Kier alpha value is -1.42. The van der Waals surface area contributed by atoms with Crippen molar-refractivity contribution in [1.82, 2.24) is 5.32 Å². The van der Waals surface area contributed by atoms with Gasteiger partial charge in [0.25, 0.3) is 0 Å². The molecule has 1 rings (SSSR count). The molecule has 0 spiro atoms. The summed E-state index contributed by atoms with van der Waals surface area (Å²) in [6.07, 6.45) is 0. The highest BCUT2D eigenvalue weighted by Gasteiger charge is 2.17. The molecule has 1 unspecified atom stereocenters. The molecule has 1 N–H and O–H groups in total. The fourth-order valence-electron chi connectivity index (χ4n) is 1.92. The molecule has 116 valence electrons. The van der Waals surface area contributed by atoms with Gasteiger partial charge in [-0.3, -0.25) is 0 Å². The van der Waals surface area contributed by atoms with Gasteiger partial charge in [-0.15, -0.1) is 0 Å². The van der Waals surface area contributed by atoms with E-state index in [4.69, 9.17) is 10.00 Å². The van der Waals surface area contributed by atoms with Crippen molar-refractivity contribution in [2.45, 2.75) is 24.8 Å². The first-order valence-corrected chi connectivity index (χ1v) is 8.51. The molecular formula is C15H22N2O3S. The lowest BCUT2D eigenvalue weighted by Gasteiger charge is -2.21. The molecule has 0 aliphatic carbocycles. The van der Waals surface area contributed by atoms with E-state index in [1.165, 1.54) is 12.1 Å². The number of hydrogen-bond donors (Lipinski definition) is 1. The minimum Gasteiger partial charge on any atom is -0.383 e. The molecule has 1 aromatic carbocycles. The van der Waals surface area contributed by atoms with E-state index in [1.807, 2.05) is 6.07 Å². The highest BCUT2D eigenvalue weighted by Crippen LogP contribution is 2.13. The van der Waals surface area contributed by atoms with E-state index >= 15 is 0 Å². The SMILES string of the molecule is COCC(NCCS(=O)(=O)c1cccc(C#N)c1)C(C)C. The second kappa shape index (κ2) is 8.13. The van der Waals surface area contributed by atoms with Crippen molar-refractivity contribution in [2.24, 2.45) is 5.92 Å². The highest BCUT2D eigenvalue weighted by atomic mass is 32.2. The highest BCUT2D eigenvalue weighted by molar-refractivity contribution is 7.91. The van der Waals surface area contributed by atoms with Crippen molar-refractivity contribution in [3.63, 3.8) is 0 Å². The third-order valence-electron chi connectivity index (χ3n) is 3.25. The van der Waals surface area contributed by atoms with E-state index in [-0.39, 0.29) is 16.7 Å². The van der Waals surface area contributed by atoms with Crippen LogP contribution in [0.25, 0.3) is 0 Å². The number of sulfone groups is 1. The van der Waals surface area contributed by atoms with Crippen LogP contribution in [0.15, 0.2) is 29.2 Å². The summed E-state index contributed by atoms with van der Waals surface area (Å²) in [6, 6.07) is 8.17. The average Bonchev–Trinajstić information content (AvgIpc) is 2.46. The molecule has 0 aromatic heterocycles. The van der Waals surface area contributed by atoms with Gasteiger partial charge in [-0.05, 0) is 24.1 Å². The molecule has 1 aromatic rings. The largest absolute Gasteiger partial charge is 0.383 e. The Bertz CT molecular complexity index is 591. The van der Waals surface area contributed by atoms with Gasteiger partial charge in [-0.2, -0.15) is 5.26 Å². The van der Waals surface area contributed by atoms with Crippen LogP contribution in [0, 0.1) is 17.2 Å². The van der Waals surface area contributed by atoms with Gasteiger partial charge in [0.2, 0.25) is 0 Å². The Labute approximate surface area is 126 Å². The smallest absolute Gasteiger partial charge is 0.179 e. The zero-order valence-electron chi connectivity index (χ0n) is 12.7. The van der Waals surface area contributed by atoms with E-state index in [9.17, 15) is 8.42 Å². The molecule has 0 bridgehead atoms. The fraction of sp³-hybridized carbons (Fsp3) is 0.533. The summed E-state index contributed by atoms with van der Waals surface area (Å²) < 4.78 is 29.6. The topological polar surface area (TPSA) is 79.2 Å². The molecule has 0 saturated carbocycles. The first-order valence-electron chi connectivity index (χ1n) is 6.86. The van der Waals surface area contributed by atoms with Crippen molar-refractivity contribution in [3.8, 4) is 6.07 Å². The van der Waals surface area contributed by atoms with Crippen LogP contribution in [-0.2, 0) is 14.6 Å². The maximum Gasteiger partial charge on any atom is 0.179 e. The Morgan fingerprint density at radius 2 is 2.10 bits per heavy atom. The predicted molar refractivity (Wildman–Crippen MR) is 81.7 cm³/mol. The van der Waals surface area contributed by atoms with Gasteiger partial charge in [0, 0.05) is 19.7 Å². The van der Waals surface area contributed by atoms with Gasteiger partial charge in [-0.25, -0.2) is 8.42 Å². The van der Waals surface area contributed by atoms with E-state index in [0.29, 0.717) is 24.6 Å². The molecule has 0 fully saturated rings. The van der Waals surface area contributed by atoms with Gasteiger partial charge < -0.3 is 10.1 Å². The number of methoxy groups -OCH3 is 1. The zero-order valence-corrected chi connectivity index (χ0v) is 13.5. The lowest BCUT2D eigenvalue weighted by Crippen LogP contribution is -2.40. The molecule has 0 saturated heterocycles. The van der Waals surface area contributed by atoms with Crippen LogP contribution in [0.3, 0.4) is 0 Å². The standard InChI is InChI=1S/C15H22N2O3S/c1-12(2)15(11-20-3)17-7-8-21(18,19)14-6-4-5-13(9-14)10-16/h4-6,9,12,15,17H,7-8,11H2,1-3H3. The minimum absolute atomic E-state index is 0.00514. The van der Waals surface area contributed by atoms with E-state index in [2.05, 4.69) is 19.2 Å². The normalized spacial score (nSPS) is 13.1. The van der Waals surface area contributed by atoms with Crippen LogP contribution < -0.4 is 5.32 Å². The molecule has 0 aliphatic rings. The number of benzene rings is 1. The molecule has 0 amide bonds. The van der Waals surface area contributed by atoms with Gasteiger partial charge in [0.15, 0.2) is 9.84 Å². The van der Waals surface area contributed by atoms with Gasteiger partial charge in [0.05, 0.1) is 28.9 Å². The van der Waals surface area contributed by atoms with Crippen LogP contribution in [-0.4, -0.2) is 40.5 Å². The molecular weight excluding hydrogens is 288 g/mol. The third kappa shape index (κ3) is 5.46. The number of hydrogen-bond acceptors (Lipinski definition) is 5. The lowest BCUT2D eigenvalue weighted by molar-refractivity contribution is 0.148. The number of nitrogens with zero attached hydrogens (tertiary/aromatic N) is 1. The van der Waals surface area contributed by atoms with Crippen LogP contribution in [0.2, 0.25) is 0 Å². The Morgan fingerprint density at radius 1 is 1.38 bits per heavy atom. The Balaban J connectivity index is 2.67. The van der Waals surface area contributed by atoms with E-state index in [0.717, 1.165) is 0 Å². The lowest BCUT2D eigenvalue weighted by atomic mass is 10.1. The summed E-state index contributed by atoms with van der Waals surface area (Å²) in [6.45, 7) is 5.01. The molecule has 6 heteroatoms. The summed E-state index contributed by atoms with van der Waals surface area (Å²) in [5.74, 6) is 0.351. The first kappa shape index (κ1) is 17.6. The van der Waals surface area contributed by atoms with Gasteiger partial charge >= 0.3 is 0 Å². The number of ether oxygens (including phenoxy) is 1. The second-order valence-electron chi connectivity index (χ2n) is 5.22. The summed E-state index contributed by atoms with van der Waals surface area (Å²) >= 11 is 0. The average molecular weight is 310 g/mol. The summed E-state index contributed by atoms with van der Waals surface area (Å²) in [7, 11) is -1.76. The molecule has 1 atom stereocenters. The summed E-state index contributed by atoms with van der Waals surface area (Å²) in [5.41, 5.74) is 0.350. The van der Waals surface area contributed by atoms with Gasteiger partial charge in [-0.1, -0.05) is 19.9 Å². The first-order chi connectivity index (χ1) is 9.90. The minimum atomic E-state index is -3.38. The second-order valence-corrected chi connectivity index (χ2v) is 7.33. The summed E-state index contributed by atoms with van der Waals surface area (Å²) in [5, 5.41) is 12.0. The van der Waals surface area contributed by atoms with Crippen molar-refractivity contribution < 1.29 is 13.2 Å².